The number of hydrogen-bond donors (Lipinski definition) is 1. The van der Waals surface area contributed by atoms with Gasteiger partial charge in [0.05, 0.1) is 29.3 Å². The molecule has 0 radical (unpaired) electrons. The molecule has 3 aromatic heterocycles. The molecule has 0 saturated heterocycles. The molecule has 5 rings (SSSR count). The van der Waals surface area contributed by atoms with E-state index >= 15 is 0 Å². The Labute approximate surface area is 232 Å². The van der Waals surface area contributed by atoms with E-state index in [-0.39, 0.29) is 45.9 Å². The van der Waals surface area contributed by atoms with Gasteiger partial charge in [0, 0.05) is 22.9 Å². The van der Waals surface area contributed by atoms with Crippen molar-refractivity contribution in [3.63, 3.8) is 0 Å². The molecule has 0 amide bonds. The van der Waals surface area contributed by atoms with Crippen molar-refractivity contribution in [2.24, 2.45) is 0 Å². The summed E-state index contributed by atoms with van der Waals surface area (Å²) in [6.45, 7) is -0.361. The Morgan fingerprint density at radius 1 is 0.976 bits per heavy atom. The Kier molecular flexibility index (Phi) is 7.74. The van der Waals surface area contributed by atoms with Crippen molar-refractivity contribution >= 4 is 6.16 Å². The number of nitriles is 1. The molecule has 41 heavy (non-hydrogen) atoms. The van der Waals surface area contributed by atoms with Crippen LogP contribution < -0.4 is 10.3 Å². The quantitative estimate of drug-likeness (QED) is 0.261. The van der Waals surface area contributed by atoms with Gasteiger partial charge in [-0.25, -0.2) is 19.2 Å². The van der Waals surface area contributed by atoms with Crippen molar-refractivity contribution in [1.82, 2.24) is 19.5 Å². The first-order valence-electron chi connectivity index (χ1n) is 12.2. The fraction of sp³-hybridized carbons (Fsp3) is 0.0667. The Bertz CT molecular complexity index is 1820. The number of nitrogens with zero attached hydrogens (tertiary/aromatic N) is 5. The van der Waals surface area contributed by atoms with Gasteiger partial charge in [-0.1, -0.05) is 42.5 Å². The van der Waals surface area contributed by atoms with Gasteiger partial charge in [-0.3, -0.25) is 14.3 Å². The lowest BCUT2D eigenvalue weighted by Crippen LogP contribution is -2.26. The number of benzene rings is 2. The summed E-state index contributed by atoms with van der Waals surface area (Å²) in [5.41, 5.74) is 0.658. The van der Waals surface area contributed by atoms with Gasteiger partial charge in [-0.2, -0.15) is 5.26 Å². The third-order valence-corrected chi connectivity index (χ3v) is 6.12. The lowest BCUT2D eigenvalue weighted by atomic mass is 9.97. The maximum Gasteiger partial charge on any atom is 0.506 e. The minimum absolute atomic E-state index is 0.0396. The van der Waals surface area contributed by atoms with Crippen molar-refractivity contribution in [2.75, 3.05) is 0 Å². The third-order valence-electron chi connectivity index (χ3n) is 6.12. The summed E-state index contributed by atoms with van der Waals surface area (Å²) in [5, 5.41) is 19.0. The summed E-state index contributed by atoms with van der Waals surface area (Å²) in [6.07, 6.45) is 3.92. The molecule has 0 bridgehead atoms. The maximum atomic E-state index is 14.7. The van der Waals surface area contributed by atoms with E-state index < -0.39 is 24.1 Å². The second-order valence-corrected chi connectivity index (χ2v) is 8.61. The summed E-state index contributed by atoms with van der Waals surface area (Å²) in [4.78, 5) is 37.9. The molecule has 202 valence electrons. The van der Waals surface area contributed by atoms with Gasteiger partial charge >= 0.3 is 6.16 Å². The highest BCUT2D eigenvalue weighted by Crippen LogP contribution is 2.35. The number of halogens is 1. The van der Waals surface area contributed by atoms with Crippen molar-refractivity contribution in [3.8, 4) is 39.9 Å². The SMILES string of the molecule is N#Cc1c(F)cccc1-c1cc(-c2ncccc2OCc2ccccc2)c(COC(=O)O)n(-c2cncnc2)c1=O. The van der Waals surface area contributed by atoms with Crippen LogP contribution in [0, 0.1) is 17.1 Å². The van der Waals surface area contributed by atoms with Crippen molar-refractivity contribution in [1.29, 1.82) is 5.26 Å². The summed E-state index contributed by atoms with van der Waals surface area (Å²) >= 11 is 0. The average molecular weight is 550 g/mol. The number of pyridine rings is 2. The van der Waals surface area contributed by atoms with E-state index in [1.165, 1.54) is 43.1 Å². The molecule has 0 spiro atoms. The Hall–Kier alpha value is -5.89. The summed E-state index contributed by atoms with van der Waals surface area (Å²) in [6, 6.07) is 20.0. The van der Waals surface area contributed by atoms with Crippen LogP contribution in [0.5, 0.6) is 5.75 Å². The number of aromatic nitrogens is 4. The van der Waals surface area contributed by atoms with Crippen molar-refractivity contribution in [3.05, 3.63) is 125 Å². The average Bonchev–Trinajstić information content (AvgIpc) is 3.00. The van der Waals surface area contributed by atoms with E-state index in [1.807, 2.05) is 36.4 Å². The standard InChI is InChI=1S/C30H20FN5O5/c31-25-9-4-8-21(24(25)13-32)22-12-23(28-27(10-5-11-35-28)40-16-19-6-2-1-3-7-19)26(17-41-30(38)39)36(29(22)37)20-14-33-18-34-15-20/h1-12,14-15,18H,16-17H2,(H,38,39). The maximum absolute atomic E-state index is 14.7. The molecule has 0 unspecified atom stereocenters. The van der Waals surface area contributed by atoms with E-state index in [0.29, 0.717) is 5.75 Å². The first-order valence-corrected chi connectivity index (χ1v) is 12.2. The highest BCUT2D eigenvalue weighted by atomic mass is 19.1. The number of hydrogen-bond acceptors (Lipinski definition) is 8. The lowest BCUT2D eigenvalue weighted by Gasteiger charge is -2.20. The van der Waals surface area contributed by atoms with Crippen LogP contribution in [0.25, 0.3) is 28.1 Å². The molecular weight excluding hydrogens is 529 g/mol. The van der Waals surface area contributed by atoms with Gasteiger partial charge in [0.15, 0.2) is 0 Å². The van der Waals surface area contributed by atoms with Gasteiger partial charge in [0.1, 0.15) is 42.9 Å². The molecule has 0 saturated carbocycles. The zero-order chi connectivity index (χ0) is 28.8. The number of ether oxygens (including phenoxy) is 2. The van der Waals surface area contributed by atoms with Crippen LogP contribution in [0.1, 0.15) is 16.8 Å². The zero-order valence-electron chi connectivity index (χ0n) is 21.3. The molecular formula is C30H20FN5O5. The fourth-order valence-corrected chi connectivity index (χ4v) is 4.31. The van der Waals surface area contributed by atoms with Crippen LogP contribution in [-0.4, -0.2) is 30.8 Å². The third kappa shape index (κ3) is 5.62. The molecule has 3 heterocycles. The van der Waals surface area contributed by atoms with E-state index in [9.17, 15) is 24.3 Å². The number of carbonyl (C=O) groups is 1. The predicted octanol–water partition coefficient (Wildman–Crippen LogP) is 5.14. The van der Waals surface area contributed by atoms with Crippen LogP contribution in [0.2, 0.25) is 0 Å². The van der Waals surface area contributed by atoms with E-state index in [0.717, 1.165) is 16.2 Å². The van der Waals surface area contributed by atoms with Crippen LogP contribution in [0.4, 0.5) is 9.18 Å². The summed E-state index contributed by atoms with van der Waals surface area (Å²) < 4.78 is 26.8. The van der Waals surface area contributed by atoms with Gasteiger partial charge < -0.3 is 14.6 Å². The highest BCUT2D eigenvalue weighted by Gasteiger charge is 2.24. The van der Waals surface area contributed by atoms with Crippen LogP contribution in [-0.2, 0) is 18.0 Å². The molecule has 0 aliphatic carbocycles. The first-order chi connectivity index (χ1) is 20.0. The van der Waals surface area contributed by atoms with Gasteiger partial charge in [-0.05, 0) is 29.8 Å². The molecule has 11 heteroatoms. The molecule has 0 aliphatic rings. The molecule has 10 nitrogen and oxygen atoms in total. The van der Waals surface area contributed by atoms with Crippen molar-refractivity contribution in [2.45, 2.75) is 13.2 Å². The van der Waals surface area contributed by atoms with Crippen molar-refractivity contribution < 1.29 is 23.8 Å². The second-order valence-electron chi connectivity index (χ2n) is 8.61. The zero-order valence-corrected chi connectivity index (χ0v) is 21.3. The monoisotopic (exact) mass is 549 g/mol. The van der Waals surface area contributed by atoms with E-state index in [1.54, 1.807) is 12.1 Å². The molecule has 0 aliphatic heterocycles. The molecule has 0 fully saturated rings. The van der Waals surface area contributed by atoms with E-state index in [4.69, 9.17) is 9.47 Å². The predicted molar refractivity (Wildman–Crippen MR) is 145 cm³/mol. The van der Waals surface area contributed by atoms with Crippen LogP contribution >= 0.6 is 0 Å². The Morgan fingerprint density at radius 2 is 1.76 bits per heavy atom. The largest absolute Gasteiger partial charge is 0.506 e. The fourth-order valence-electron chi connectivity index (χ4n) is 4.31. The van der Waals surface area contributed by atoms with Gasteiger partial charge in [0.25, 0.3) is 5.56 Å². The second kappa shape index (κ2) is 11.9. The normalized spacial score (nSPS) is 10.5. The smallest absolute Gasteiger partial charge is 0.487 e. The molecule has 1 N–H and O–H groups in total. The minimum Gasteiger partial charge on any atom is -0.487 e. The Balaban J connectivity index is 1.81. The summed E-state index contributed by atoms with van der Waals surface area (Å²) in [7, 11) is 0. The minimum atomic E-state index is -1.57. The molecule has 5 aromatic rings. The number of rotatable bonds is 8. The van der Waals surface area contributed by atoms with Gasteiger partial charge in [-0.15, -0.1) is 0 Å². The molecule has 2 aromatic carbocycles. The Morgan fingerprint density at radius 3 is 2.49 bits per heavy atom. The van der Waals surface area contributed by atoms with Crippen LogP contribution in [0.3, 0.4) is 0 Å². The van der Waals surface area contributed by atoms with E-state index in [2.05, 4.69) is 15.0 Å². The summed E-state index contributed by atoms with van der Waals surface area (Å²) in [5.74, 6) is -0.475. The van der Waals surface area contributed by atoms with Gasteiger partial charge in [0.2, 0.25) is 0 Å². The number of carboxylic acid groups (broad SMARTS) is 1. The first kappa shape index (κ1) is 26.7. The highest BCUT2D eigenvalue weighted by molar-refractivity contribution is 5.78. The molecule has 0 atom stereocenters. The van der Waals surface area contributed by atoms with Crippen LogP contribution in [0.15, 0.2) is 96.4 Å². The topological polar surface area (TPSA) is 140 Å². The lowest BCUT2D eigenvalue weighted by molar-refractivity contribution is 0.0838.